The second kappa shape index (κ2) is 4.21. The zero-order valence-corrected chi connectivity index (χ0v) is 7.82. The summed E-state index contributed by atoms with van der Waals surface area (Å²) in [5.41, 5.74) is 2.22. The molecule has 2 rings (SSSR count). The van der Waals surface area contributed by atoms with Crippen LogP contribution in [0.2, 0.25) is 0 Å². The van der Waals surface area contributed by atoms with Crippen molar-refractivity contribution in [1.82, 2.24) is 0 Å². The maximum atomic E-state index is 5.54. The van der Waals surface area contributed by atoms with Crippen LogP contribution in [0.4, 0.5) is 0 Å². The van der Waals surface area contributed by atoms with Crippen LogP contribution in [0.1, 0.15) is 12.0 Å². The first-order chi connectivity index (χ1) is 6.92. The summed E-state index contributed by atoms with van der Waals surface area (Å²) < 4.78 is 10.8. The largest absolute Gasteiger partial charge is 0.493 e. The van der Waals surface area contributed by atoms with Gasteiger partial charge in [-0.2, -0.15) is 0 Å². The SMILES string of the molecule is C#CCCOc1cccc2c1[B]OC2. The number of benzene rings is 1. The van der Waals surface area contributed by atoms with Crippen molar-refractivity contribution in [3.8, 4) is 18.1 Å². The Morgan fingerprint density at radius 2 is 2.50 bits per heavy atom. The molecule has 0 N–H and O–H groups in total. The first-order valence-corrected chi connectivity index (χ1v) is 4.55. The second-order valence-electron chi connectivity index (χ2n) is 3.06. The molecule has 0 saturated heterocycles. The van der Waals surface area contributed by atoms with E-state index in [-0.39, 0.29) is 0 Å². The first kappa shape index (κ1) is 9.17. The highest BCUT2D eigenvalue weighted by molar-refractivity contribution is 6.50. The summed E-state index contributed by atoms with van der Waals surface area (Å²) in [6, 6.07) is 5.93. The number of ether oxygens (including phenoxy) is 1. The number of rotatable bonds is 3. The van der Waals surface area contributed by atoms with Gasteiger partial charge in [0.1, 0.15) is 5.75 Å². The normalized spacial score (nSPS) is 12.8. The summed E-state index contributed by atoms with van der Waals surface area (Å²) in [4.78, 5) is 0. The Kier molecular flexibility index (Phi) is 2.76. The van der Waals surface area contributed by atoms with Gasteiger partial charge in [0.15, 0.2) is 0 Å². The molecule has 2 nitrogen and oxygen atoms in total. The Hall–Kier alpha value is -1.40. The lowest BCUT2D eigenvalue weighted by atomic mass is 9.86. The van der Waals surface area contributed by atoms with E-state index >= 15 is 0 Å². The van der Waals surface area contributed by atoms with Crippen LogP contribution in [0, 0.1) is 12.3 Å². The lowest BCUT2D eigenvalue weighted by molar-refractivity contribution is 0.329. The summed E-state index contributed by atoms with van der Waals surface area (Å²) in [6.07, 6.45) is 5.77. The number of terminal acetylenes is 1. The van der Waals surface area contributed by atoms with E-state index in [4.69, 9.17) is 15.8 Å². The van der Waals surface area contributed by atoms with Crippen LogP contribution in [0.3, 0.4) is 0 Å². The van der Waals surface area contributed by atoms with Crippen molar-refractivity contribution < 1.29 is 9.39 Å². The Morgan fingerprint density at radius 3 is 3.36 bits per heavy atom. The van der Waals surface area contributed by atoms with E-state index in [1.165, 1.54) is 5.56 Å². The first-order valence-electron chi connectivity index (χ1n) is 4.55. The van der Waals surface area contributed by atoms with E-state index in [1.807, 2.05) is 18.2 Å². The molecular formula is C11H10BO2. The number of hydrogen-bond donors (Lipinski definition) is 0. The molecule has 1 aromatic carbocycles. The van der Waals surface area contributed by atoms with E-state index in [9.17, 15) is 0 Å². The zero-order chi connectivity index (χ0) is 9.80. The van der Waals surface area contributed by atoms with E-state index < -0.39 is 0 Å². The molecule has 1 aliphatic heterocycles. The zero-order valence-electron chi connectivity index (χ0n) is 7.82. The van der Waals surface area contributed by atoms with Gasteiger partial charge in [0, 0.05) is 6.42 Å². The molecule has 0 aromatic heterocycles. The van der Waals surface area contributed by atoms with Crippen molar-refractivity contribution in [3.05, 3.63) is 23.8 Å². The van der Waals surface area contributed by atoms with Gasteiger partial charge in [-0.15, -0.1) is 12.3 Å². The van der Waals surface area contributed by atoms with Gasteiger partial charge in [-0.3, -0.25) is 0 Å². The van der Waals surface area contributed by atoms with Crippen LogP contribution in [0.5, 0.6) is 5.75 Å². The third kappa shape index (κ3) is 1.76. The van der Waals surface area contributed by atoms with Gasteiger partial charge in [0.05, 0.1) is 13.2 Å². The predicted molar refractivity (Wildman–Crippen MR) is 55.6 cm³/mol. The van der Waals surface area contributed by atoms with Crippen LogP contribution in [-0.4, -0.2) is 14.1 Å². The molecule has 0 amide bonds. The van der Waals surface area contributed by atoms with Crippen LogP contribution in [0.15, 0.2) is 18.2 Å². The molecule has 0 atom stereocenters. The highest BCUT2D eigenvalue weighted by atomic mass is 16.5. The van der Waals surface area contributed by atoms with Gasteiger partial charge >= 0.3 is 7.48 Å². The van der Waals surface area contributed by atoms with Crippen LogP contribution in [-0.2, 0) is 11.3 Å². The highest BCUT2D eigenvalue weighted by Gasteiger charge is 2.17. The lowest BCUT2D eigenvalue weighted by Gasteiger charge is -2.07. The van der Waals surface area contributed by atoms with Crippen molar-refractivity contribution in [3.63, 3.8) is 0 Å². The minimum Gasteiger partial charge on any atom is -0.493 e. The summed E-state index contributed by atoms with van der Waals surface area (Å²) >= 11 is 0. The average Bonchev–Trinajstić information content (AvgIpc) is 2.67. The van der Waals surface area contributed by atoms with E-state index in [2.05, 4.69) is 5.92 Å². The summed E-state index contributed by atoms with van der Waals surface area (Å²) in [6.45, 7) is 1.20. The molecular weight excluding hydrogens is 175 g/mol. The molecule has 14 heavy (non-hydrogen) atoms. The fourth-order valence-corrected chi connectivity index (χ4v) is 1.41. The van der Waals surface area contributed by atoms with E-state index in [0.29, 0.717) is 19.6 Å². The maximum Gasteiger partial charge on any atom is 0.334 e. The molecule has 1 heterocycles. The molecule has 0 aliphatic carbocycles. The molecule has 0 saturated carbocycles. The van der Waals surface area contributed by atoms with Crippen molar-refractivity contribution in [2.75, 3.05) is 6.61 Å². The van der Waals surface area contributed by atoms with Crippen molar-refractivity contribution >= 4 is 12.9 Å². The molecule has 0 spiro atoms. The predicted octanol–water partition coefficient (Wildman–Crippen LogP) is 0.863. The maximum absolute atomic E-state index is 5.54. The fraction of sp³-hybridized carbons (Fsp3) is 0.273. The van der Waals surface area contributed by atoms with E-state index in [1.54, 1.807) is 7.48 Å². The minimum absolute atomic E-state index is 0.556. The summed E-state index contributed by atoms with van der Waals surface area (Å²) in [5.74, 6) is 3.40. The molecule has 1 aliphatic rings. The van der Waals surface area contributed by atoms with Crippen LogP contribution < -0.4 is 10.2 Å². The highest BCUT2D eigenvalue weighted by Crippen LogP contribution is 2.15. The quantitative estimate of drug-likeness (QED) is 0.395. The van der Waals surface area contributed by atoms with Gasteiger partial charge < -0.3 is 9.39 Å². The third-order valence-electron chi connectivity index (χ3n) is 2.10. The van der Waals surface area contributed by atoms with E-state index in [0.717, 1.165) is 11.2 Å². The average molecular weight is 185 g/mol. The Balaban J connectivity index is 2.11. The second-order valence-corrected chi connectivity index (χ2v) is 3.06. The Morgan fingerprint density at radius 1 is 1.57 bits per heavy atom. The fourth-order valence-electron chi connectivity index (χ4n) is 1.41. The Bertz CT molecular complexity index is 368. The van der Waals surface area contributed by atoms with Crippen molar-refractivity contribution in [2.45, 2.75) is 13.0 Å². The Labute approximate surface area is 84.5 Å². The van der Waals surface area contributed by atoms with Crippen molar-refractivity contribution in [1.29, 1.82) is 0 Å². The van der Waals surface area contributed by atoms with Crippen LogP contribution in [0.25, 0.3) is 0 Å². The smallest absolute Gasteiger partial charge is 0.334 e. The standard InChI is InChI=1S/C11H10BO2/c1-2-3-7-13-10-6-4-5-9-8-14-12-11(9)10/h1,4-6H,3,7-8H2. The monoisotopic (exact) mass is 185 g/mol. The summed E-state index contributed by atoms with van der Waals surface area (Å²) in [7, 11) is 1.74. The lowest BCUT2D eigenvalue weighted by Crippen LogP contribution is -2.16. The molecule has 0 bridgehead atoms. The van der Waals surface area contributed by atoms with Gasteiger partial charge in [-0.1, -0.05) is 12.1 Å². The molecule has 0 fully saturated rings. The third-order valence-corrected chi connectivity index (χ3v) is 2.10. The van der Waals surface area contributed by atoms with Crippen LogP contribution >= 0.6 is 0 Å². The van der Waals surface area contributed by atoms with Gasteiger partial charge in [0.25, 0.3) is 0 Å². The molecule has 1 radical (unpaired) electrons. The van der Waals surface area contributed by atoms with Crippen molar-refractivity contribution in [2.24, 2.45) is 0 Å². The van der Waals surface area contributed by atoms with Gasteiger partial charge in [-0.25, -0.2) is 0 Å². The number of fused-ring (bicyclic) bond motifs is 1. The minimum atomic E-state index is 0.556. The molecule has 69 valence electrons. The van der Waals surface area contributed by atoms with Gasteiger partial charge in [-0.05, 0) is 17.1 Å². The van der Waals surface area contributed by atoms with Gasteiger partial charge in [0.2, 0.25) is 0 Å². The topological polar surface area (TPSA) is 18.5 Å². The molecule has 1 aromatic rings. The molecule has 3 heteroatoms. The summed E-state index contributed by atoms with van der Waals surface area (Å²) in [5, 5.41) is 0. The number of hydrogen-bond acceptors (Lipinski definition) is 2. The molecule has 0 unspecified atom stereocenters.